The van der Waals surface area contributed by atoms with Gasteiger partial charge >= 0.3 is 24.1 Å². The number of alkyl halides is 3. The minimum Gasteiger partial charge on any atom is -0.465 e. The smallest absolute Gasteiger partial charge is 0.416 e. The first kappa shape index (κ1) is 40.8. The van der Waals surface area contributed by atoms with Crippen LogP contribution in [-0.4, -0.2) is 68.0 Å². The van der Waals surface area contributed by atoms with Crippen LogP contribution in [0.25, 0.3) is 11.1 Å². The zero-order valence-corrected chi connectivity index (χ0v) is 30.3. The molecule has 54 heavy (non-hydrogen) atoms. The van der Waals surface area contributed by atoms with Gasteiger partial charge in [0.05, 0.1) is 36.4 Å². The van der Waals surface area contributed by atoms with Crippen molar-refractivity contribution in [3.8, 4) is 11.1 Å². The third kappa shape index (κ3) is 9.51. The monoisotopic (exact) mass is 746 g/mol. The maximum Gasteiger partial charge on any atom is 0.416 e. The molecule has 4 rings (SSSR count). The SMILES string of the molecule is CCCN(C)C(=O)c1cc(CC(=O)OCC(C(=O)OCC)(C(=O)OCC)c2ccccc2)ccc1NC(=O)c1ccccc1-c1ccc(C(F)(F)F)cc1. The number of carbonyl (C=O) groups excluding carboxylic acids is 5. The molecule has 0 radical (unpaired) electrons. The number of nitrogens with one attached hydrogen (secondary N) is 1. The first-order valence-corrected chi connectivity index (χ1v) is 17.3. The molecule has 0 heterocycles. The lowest BCUT2D eigenvalue weighted by atomic mass is 9.81. The van der Waals surface area contributed by atoms with Gasteiger partial charge in [0.25, 0.3) is 11.8 Å². The predicted molar refractivity (Wildman–Crippen MR) is 195 cm³/mol. The van der Waals surface area contributed by atoms with Crippen LogP contribution in [0.5, 0.6) is 0 Å². The molecule has 13 heteroatoms. The number of halogens is 3. The van der Waals surface area contributed by atoms with Crippen molar-refractivity contribution >= 4 is 35.4 Å². The zero-order valence-electron chi connectivity index (χ0n) is 30.3. The van der Waals surface area contributed by atoms with Crippen molar-refractivity contribution in [3.05, 3.63) is 125 Å². The molecule has 0 aromatic heterocycles. The second-order valence-corrected chi connectivity index (χ2v) is 12.2. The molecule has 1 N–H and O–H groups in total. The van der Waals surface area contributed by atoms with Crippen LogP contribution in [0.15, 0.2) is 97.1 Å². The molecule has 0 unspecified atom stereocenters. The Kier molecular flexibility index (Phi) is 13.7. The van der Waals surface area contributed by atoms with E-state index in [4.69, 9.17) is 14.2 Å². The van der Waals surface area contributed by atoms with E-state index in [0.717, 1.165) is 12.1 Å². The number of hydrogen-bond acceptors (Lipinski definition) is 8. The maximum atomic E-state index is 13.7. The van der Waals surface area contributed by atoms with Gasteiger partial charge in [-0.25, -0.2) is 0 Å². The maximum absolute atomic E-state index is 13.7. The summed E-state index contributed by atoms with van der Waals surface area (Å²) in [5.41, 5.74) is -1.30. The lowest BCUT2D eigenvalue weighted by Crippen LogP contribution is -2.50. The van der Waals surface area contributed by atoms with E-state index in [1.807, 2.05) is 6.92 Å². The number of carbonyl (C=O) groups is 5. The van der Waals surface area contributed by atoms with Crippen molar-refractivity contribution in [1.29, 1.82) is 0 Å². The molecule has 0 aliphatic carbocycles. The quantitative estimate of drug-likeness (QED) is 0.0766. The number of hydrogen-bond donors (Lipinski definition) is 1. The molecule has 0 aliphatic rings. The van der Waals surface area contributed by atoms with E-state index in [2.05, 4.69) is 5.32 Å². The Labute approximate surface area is 311 Å². The lowest BCUT2D eigenvalue weighted by molar-refractivity contribution is -0.170. The number of ether oxygens (including phenoxy) is 3. The Hall–Kier alpha value is -5.98. The van der Waals surface area contributed by atoms with Crippen LogP contribution in [-0.2, 0) is 46.6 Å². The largest absolute Gasteiger partial charge is 0.465 e. The van der Waals surface area contributed by atoms with E-state index in [-0.39, 0.29) is 42.0 Å². The summed E-state index contributed by atoms with van der Waals surface area (Å²) in [5.74, 6) is -3.80. The first-order valence-electron chi connectivity index (χ1n) is 17.3. The topological polar surface area (TPSA) is 128 Å². The number of nitrogens with zero attached hydrogens (tertiary/aromatic N) is 1. The number of benzene rings is 4. The molecule has 4 aromatic carbocycles. The Bertz CT molecular complexity index is 1950. The summed E-state index contributed by atoms with van der Waals surface area (Å²) in [4.78, 5) is 68.8. The molecule has 0 bridgehead atoms. The van der Waals surface area contributed by atoms with Gasteiger partial charge in [0.1, 0.15) is 6.61 Å². The predicted octanol–water partition coefficient (Wildman–Crippen LogP) is 7.26. The molecule has 284 valence electrons. The average Bonchev–Trinajstić information content (AvgIpc) is 3.16. The van der Waals surface area contributed by atoms with Crippen molar-refractivity contribution in [1.82, 2.24) is 4.90 Å². The van der Waals surface area contributed by atoms with Gasteiger partial charge in [0.15, 0.2) is 0 Å². The highest BCUT2D eigenvalue weighted by molar-refractivity contribution is 6.12. The summed E-state index contributed by atoms with van der Waals surface area (Å²) in [7, 11) is 1.59. The number of esters is 3. The van der Waals surface area contributed by atoms with Crippen LogP contribution in [0.2, 0.25) is 0 Å². The van der Waals surface area contributed by atoms with Crippen LogP contribution in [0.1, 0.15) is 64.6 Å². The van der Waals surface area contributed by atoms with Crippen LogP contribution < -0.4 is 5.32 Å². The standard InChI is InChI=1S/C41H41F3N2O8/c1-5-23-46(4)37(49)33-24-27(25-35(47)54-26-40(38(50)52-6-2,39(51)53-7-3)29-13-9-8-10-14-29)17-22-34(33)45-36(48)32-16-12-11-15-31(32)28-18-20-30(21-19-28)41(42,43)44/h8-22,24H,5-7,23,25-26H2,1-4H3,(H,45,48). The van der Waals surface area contributed by atoms with Gasteiger partial charge in [-0.05, 0) is 72.9 Å². The summed E-state index contributed by atoms with van der Waals surface area (Å²) in [5, 5.41) is 2.76. The molecular weight excluding hydrogens is 705 g/mol. The molecule has 0 saturated heterocycles. The van der Waals surface area contributed by atoms with Gasteiger partial charge < -0.3 is 24.4 Å². The Morgan fingerprint density at radius 1 is 0.704 bits per heavy atom. The molecular formula is C41H41F3N2O8. The highest BCUT2D eigenvalue weighted by Gasteiger charge is 2.52. The van der Waals surface area contributed by atoms with Crippen molar-refractivity contribution in [2.45, 2.75) is 45.2 Å². The minimum absolute atomic E-state index is 0.0480. The number of rotatable bonds is 15. The van der Waals surface area contributed by atoms with Gasteiger partial charge in [-0.2, -0.15) is 13.2 Å². The average molecular weight is 747 g/mol. The second kappa shape index (κ2) is 18.2. The Morgan fingerprint density at radius 3 is 1.91 bits per heavy atom. The molecule has 0 aliphatic heterocycles. The van der Waals surface area contributed by atoms with E-state index in [0.29, 0.717) is 29.7 Å². The fourth-order valence-corrected chi connectivity index (χ4v) is 5.75. The van der Waals surface area contributed by atoms with Gasteiger partial charge in [-0.3, -0.25) is 24.0 Å². The fraction of sp³-hybridized carbons (Fsp3) is 0.293. The summed E-state index contributed by atoms with van der Waals surface area (Å²) >= 11 is 0. The van der Waals surface area contributed by atoms with E-state index >= 15 is 0 Å². The summed E-state index contributed by atoms with van der Waals surface area (Å²) in [6, 6.07) is 23.2. The fourth-order valence-electron chi connectivity index (χ4n) is 5.75. The summed E-state index contributed by atoms with van der Waals surface area (Å²) in [6.45, 7) is 4.61. The summed E-state index contributed by atoms with van der Waals surface area (Å²) in [6.07, 6.45) is -4.26. The third-order valence-corrected chi connectivity index (χ3v) is 8.48. The van der Waals surface area contributed by atoms with Crippen LogP contribution in [0, 0.1) is 0 Å². The van der Waals surface area contributed by atoms with Gasteiger partial charge in [0, 0.05) is 19.2 Å². The molecule has 4 aromatic rings. The lowest BCUT2D eigenvalue weighted by Gasteiger charge is -2.29. The molecule has 0 saturated carbocycles. The zero-order chi connectivity index (χ0) is 39.5. The second-order valence-electron chi connectivity index (χ2n) is 12.2. The van der Waals surface area contributed by atoms with Crippen LogP contribution in [0.4, 0.5) is 18.9 Å². The van der Waals surface area contributed by atoms with Crippen LogP contribution in [0.3, 0.4) is 0 Å². The number of amides is 2. The van der Waals surface area contributed by atoms with E-state index < -0.39 is 53.5 Å². The molecule has 0 atom stereocenters. The van der Waals surface area contributed by atoms with E-state index in [1.165, 1.54) is 53.4 Å². The minimum atomic E-state index is -4.52. The van der Waals surface area contributed by atoms with Crippen molar-refractivity contribution in [2.75, 3.05) is 38.7 Å². The Balaban J connectivity index is 1.63. The molecule has 0 spiro atoms. The third-order valence-electron chi connectivity index (χ3n) is 8.48. The molecule has 0 fully saturated rings. The summed E-state index contributed by atoms with van der Waals surface area (Å²) < 4.78 is 55.6. The van der Waals surface area contributed by atoms with E-state index in [9.17, 15) is 37.1 Å². The first-order chi connectivity index (χ1) is 25.8. The van der Waals surface area contributed by atoms with Crippen LogP contribution >= 0.6 is 0 Å². The number of anilines is 1. The van der Waals surface area contributed by atoms with Crippen molar-refractivity contribution < 1.29 is 51.4 Å². The normalized spacial score (nSPS) is 11.3. The highest BCUT2D eigenvalue weighted by atomic mass is 19.4. The van der Waals surface area contributed by atoms with Gasteiger partial charge in [-0.1, -0.05) is 73.7 Å². The van der Waals surface area contributed by atoms with Gasteiger partial charge in [-0.15, -0.1) is 0 Å². The Morgan fingerprint density at radius 2 is 1.31 bits per heavy atom. The van der Waals surface area contributed by atoms with Crippen molar-refractivity contribution in [3.63, 3.8) is 0 Å². The molecule has 2 amide bonds. The highest BCUT2D eigenvalue weighted by Crippen LogP contribution is 2.33. The molecule has 10 nitrogen and oxygen atoms in total. The van der Waals surface area contributed by atoms with Gasteiger partial charge in [0.2, 0.25) is 5.41 Å². The van der Waals surface area contributed by atoms with E-state index in [1.54, 1.807) is 57.3 Å². The van der Waals surface area contributed by atoms with Crippen molar-refractivity contribution in [2.24, 2.45) is 0 Å².